The van der Waals surface area contributed by atoms with E-state index in [2.05, 4.69) is 156 Å². The second-order valence-electron chi connectivity index (χ2n) is 14.0. The number of benzene rings is 8. The molecule has 0 spiro atoms. The van der Waals surface area contributed by atoms with Gasteiger partial charge in [-0.3, -0.25) is 0 Å². The summed E-state index contributed by atoms with van der Waals surface area (Å²) in [5.41, 5.74) is 12.2. The summed E-state index contributed by atoms with van der Waals surface area (Å²) in [6.45, 7) is 0. The molecular weight excluding hydrogens is 685 g/mol. The second kappa shape index (κ2) is 13.0. The maximum atomic E-state index is 6.83. The number of furan rings is 1. The quantitative estimate of drug-likeness (QED) is 0.172. The van der Waals surface area contributed by atoms with Gasteiger partial charge in [-0.25, -0.2) is 15.0 Å². The number of rotatable bonds is 6. The highest BCUT2D eigenvalue weighted by Crippen LogP contribution is 2.41. The first-order valence-electron chi connectivity index (χ1n) is 18.8. The van der Waals surface area contributed by atoms with E-state index in [0.29, 0.717) is 17.5 Å². The molecular formula is C51H32N4O. The van der Waals surface area contributed by atoms with E-state index in [9.17, 15) is 0 Å². The van der Waals surface area contributed by atoms with Gasteiger partial charge in [-0.1, -0.05) is 146 Å². The van der Waals surface area contributed by atoms with Crippen LogP contribution in [-0.2, 0) is 0 Å². The third kappa shape index (κ3) is 5.37. The highest BCUT2D eigenvalue weighted by Gasteiger charge is 2.20. The first-order chi connectivity index (χ1) is 27.7. The fourth-order valence-electron chi connectivity index (χ4n) is 7.96. The minimum absolute atomic E-state index is 0.600. The molecule has 56 heavy (non-hydrogen) atoms. The second-order valence-corrected chi connectivity index (χ2v) is 14.0. The van der Waals surface area contributed by atoms with Crippen LogP contribution in [0, 0.1) is 0 Å². The van der Waals surface area contributed by atoms with Crippen LogP contribution < -0.4 is 0 Å². The molecule has 0 amide bonds. The first-order valence-corrected chi connectivity index (χ1v) is 18.8. The zero-order valence-electron chi connectivity index (χ0n) is 30.2. The molecule has 262 valence electrons. The molecule has 5 nitrogen and oxygen atoms in total. The Morgan fingerprint density at radius 1 is 0.339 bits per heavy atom. The number of nitrogens with zero attached hydrogens (tertiary/aromatic N) is 4. The van der Waals surface area contributed by atoms with Crippen LogP contribution in [0.1, 0.15) is 0 Å². The Bertz CT molecular complexity index is 3240. The summed E-state index contributed by atoms with van der Waals surface area (Å²) >= 11 is 0. The van der Waals surface area contributed by atoms with Gasteiger partial charge in [0.25, 0.3) is 0 Å². The van der Waals surface area contributed by atoms with Gasteiger partial charge < -0.3 is 8.98 Å². The lowest BCUT2D eigenvalue weighted by molar-refractivity contribution is 0.671. The highest BCUT2D eigenvalue weighted by molar-refractivity contribution is 6.21. The topological polar surface area (TPSA) is 56.7 Å². The van der Waals surface area contributed by atoms with Crippen molar-refractivity contribution in [2.45, 2.75) is 0 Å². The molecule has 0 saturated heterocycles. The lowest BCUT2D eigenvalue weighted by Gasteiger charge is -2.10. The molecule has 0 unspecified atom stereocenters. The fraction of sp³-hybridized carbons (Fsp3) is 0. The lowest BCUT2D eigenvalue weighted by Crippen LogP contribution is -2.00. The van der Waals surface area contributed by atoms with Crippen LogP contribution in [0.2, 0.25) is 0 Å². The number of hydrogen-bond donors (Lipinski definition) is 0. The van der Waals surface area contributed by atoms with Gasteiger partial charge >= 0.3 is 0 Å². The monoisotopic (exact) mass is 716 g/mol. The summed E-state index contributed by atoms with van der Waals surface area (Å²) in [4.78, 5) is 15.2. The van der Waals surface area contributed by atoms with Crippen molar-refractivity contribution in [2.24, 2.45) is 0 Å². The van der Waals surface area contributed by atoms with Crippen LogP contribution >= 0.6 is 0 Å². The van der Waals surface area contributed by atoms with Crippen molar-refractivity contribution in [3.8, 4) is 62.1 Å². The minimum atomic E-state index is 0.600. The summed E-state index contributed by atoms with van der Waals surface area (Å²) < 4.78 is 9.17. The van der Waals surface area contributed by atoms with Gasteiger partial charge in [-0.15, -0.1) is 0 Å². The van der Waals surface area contributed by atoms with Gasteiger partial charge in [0.15, 0.2) is 23.1 Å². The number of para-hydroxylation sites is 1. The SMILES string of the molecule is c1ccc(-c2cccc(-c3nc(-c4ccccc4)nc(-c4ccc5oc6c(ccc7c8ccccc8n(-c8cccc(-c9ccccc9)c8)c76)c5c4)n3)c2)cc1. The maximum Gasteiger partial charge on any atom is 0.164 e. The summed E-state index contributed by atoms with van der Waals surface area (Å²) in [6.07, 6.45) is 0. The molecule has 8 aromatic carbocycles. The lowest BCUT2D eigenvalue weighted by atomic mass is 10.0. The zero-order valence-corrected chi connectivity index (χ0v) is 30.2. The van der Waals surface area contributed by atoms with Crippen LogP contribution in [0.4, 0.5) is 0 Å². The normalized spacial score (nSPS) is 11.6. The number of fused-ring (bicyclic) bond motifs is 7. The molecule has 0 aliphatic carbocycles. The van der Waals surface area contributed by atoms with Crippen LogP contribution in [0.15, 0.2) is 199 Å². The Hall–Kier alpha value is -7.63. The highest BCUT2D eigenvalue weighted by atomic mass is 16.3. The van der Waals surface area contributed by atoms with Gasteiger partial charge in [-0.2, -0.15) is 0 Å². The van der Waals surface area contributed by atoms with E-state index in [1.54, 1.807) is 0 Å². The Morgan fingerprint density at radius 2 is 0.875 bits per heavy atom. The van der Waals surface area contributed by atoms with E-state index >= 15 is 0 Å². The molecule has 0 radical (unpaired) electrons. The summed E-state index contributed by atoms with van der Waals surface area (Å²) in [6, 6.07) is 67.4. The summed E-state index contributed by atoms with van der Waals surface area (Å²) in [7, 11) is 0. The Kier molecular flexibility index (Phi) is 7.42. The average molecular weight is 717 g/mol. The summed E-state index contributed by atoms with van der Waals surface area (Å²) in [5.74, 6) is 1.84. The molecule has 3 heterocycles. The van der Waals surface area contributed by atoms with Crippen molar-refractivity contribution in [2.75, 3.05) is 0 Å². The molecule has 5 heteroatoms. The third-order valence-corrected chi connectivity index (χ3v) is 10.6. The fourth-order valence-corrected chi connectivity index (χ4v) is 7.96. The van der Waals surface area contributed by atoms with E-state index in [4.69, 9.17) is 19.4 Å². The maximum absolute atomic E-state index is 6.83. The van der Waals surface area contributed by atoms with Crippen molar-refractivity contribution < 1.29 is 4.42 Å². The Morgan fingerprint density at radius 3 is 1.59 bits per heavy atom. The smallest absolute Gasteiger partial charge is 0.164 e. The van der Waals surface area contributed by atoms with Crippen molar-refractivity contribution in [3.05, 3.63) is 194 Å². The molecule has 0 fully saturated rings. The van der Waals surface area contributed by atoms with Crippen LogP contribution in [0.25, 0.3) is 106 Å². The Labute approximate surface area is 322 Å². The van der Waals surface area contributed by atoms with Crippen molar-refractivity contribution in [1.29, 1.82) is 0 Å². The molecule has 0 atom stereocenters. The molecule has 0 aliphatic rings. The van der Waals surface area contributed by atoms with Crippen LogP contribution in [0.5, 0.6) is 0 Å². The molecule has 11 rings (SSSR count). The van der Waals surface area contributed by atoms with Gasteiger partial charge in [0, 0.05) is 43.9 Å². The van der Waals surface area contributed by atoms with Gasteiger partial charge in [-0.05, 0) is 70.8 Å². The van der Waals surface area contributed by atoms with E-state index < -0.39 is 0 Å². The number of hydrogen-bond acceptors (Lipinski definition) is 4. The van der Waals surface area contributed by atoms with E-state index in [1.165, 1.54) is 10.9 Å². The summed E-state index contributed by atoms with van der Waals surface area (Å²) in [5, 5.41) is 4.36. The van der Waals surface area contributed by atoms with Gasteiger partial charge in [0.05, 0.1) is 11.0 Å². The number of aromatic nitrogens is 4. The average Bonchev–Trinajstić information content (AvgIpc) is 3.83. The predicted octanol–water partition coefficient (Wildman–Crippen LogP) is 13.2. The predicted molar refractivity (Wildman–Crippen MR) is 229 cm³/mol. The molecule has 0 aliphatic heterocycles. The van der Waals surface area contributed by atoms with Crippen LogP contribution in [-0.4, -0.2) is 19.5 Å². The van der Waals surface area contributed by atoms with E-state index in [0.717, 1.165) is 77.4 Å². The van der Waals surface area contributed by atoms with Gasteiger partial charge in [0.2, 0.25) is 0 Å². The van der Waals surface area contributed by atoms with Crippen molar-refractivity contribution in [3.63, 3.8) is 0 Å². The van der Waals surface area contributed by atoms with Crippen molar-refractivity contribution >= 4 is 43.7 Å². The molecule has 0 bridgehead atoms. The standard InChI is InChI=1S/C51H32N4O/c1-4-14-33(15-5-1)36-20-12-22-38(30-36)50-52-49(35-18-8-3-9-19-35)53-51(54-50)39-26-29-46-44(32-39)43-28-27-42-41-24-10-11-25-45(41)55(47(42)48(43)56-46)40-23-13-21-37(31-40)34-16-6-2-7-17-34/h1-32H. The largest absolute Gasteiger partial charge is 0.454 e. The molecule has 3 aromatic heterocycles. The minimum Gasteiger partial charge on any atom is -0.454 e. The third-order valence-electron chi connectivity index (χ3n) is 10.6. The first kappa shape index (κ1) is 31.9. The molecule has 0 saturated carbocycles. The Balaban J connectivity index is 1.10. The van der Waals surface area contributed by atoms with E-state index in [1.807, 2.05) is 42.5 Å². The zero-order chi connectivity index (χ0) is 37.0. The molecule has 0 N–H and O–H groups in total. The van der Waals surface area contributed by atoms with E-state index in [-0.39, 0.29) is 0 Å². The molecule has 11 aromatic rings. The van der Waals surface area contributed by atoms with Crippen molar-refractivity contribution in [1.82, 2.24) is 19.5 Å². The van der Waals surface area contributed by atoms with Gasteiger partial charge in [0.1, 0.15) is 5.58 Å². The van der Waals surface area contributed by atoms with Crippen LogP contribution in [0.3, 0.4) is 0 Å².